The van der Waals surface area contributed by atoms with Gasteiger partial charge in [-0.3, -0.25) is 10.1 Å². The summed E-state index contributed by atoms with van der Waals surface area (Å²) in [6.07, 6.45) is -0.0251. The minimum Gasteiger partial charge on any atom is -0.486 e. The van der Waals surface area contributed by atoms with Crippen molar-refractivity contribution >= 4 is 5.97 Å². The summed E-state index contributed by atoms with van der Waals surface area (Å²) in [7, 11) is 0. The number of nitrogens with one attached hydrogen (secondary N) is 1. The molecule has 1 aliphatic heterocycles. The van der Waals surface area contributed by atoms with Gasteiger partial charge in [-0.2, -0.15) is 5.26 Å². The molecule has 100 valence electrons. The second-order valence-electron chi connectivity index (χ2n) is 4.06. The Labute approximate surface area is 110 Å². The highest BCUT2D eigenvalue weighted by molar-refractivity contribution is 5.66. The van der Waals surface area contributed by atoms with Crippen molar-refractivity contribution in [3.63, 3.8) is 0 Å². The third-order valence-corrected chi connectivity index (χ3v) is 2.72. The monoisotopic (exact) mass is 262 g/mol. The van der Waals surface area contributed by atoms with Crippen molar-refractivity contribution in [2.45, 2.75) is 12.5 Å². The second-order valence-corrected chi connectivity index (χ2v) is 4.06. The lowest BCUT2D eigenvalue weighted by molar-refractivity contribution is -0.136. The summed E-state index contributed by atoms with van der Waals surface area (Å²) < 4.78 is 10.8. The van der Waals surface area contributed by atoms with Crippen LogP contribution in [-0.4, -0.2) is 30.8 Å². The Morgan fingerprint density at radius 2 is 2.16 bits per heavy atom. The molecule has 0 saturated heterocycles. The predicted molar refractivity (Wildman–Crippen MR) is 66.0 cm³/mol. The van der Waals surface area contributed by atoms with Crippen LogP contribution in [0.4, 0.5) is 0 Å². The van der Waals surface area contributed by atoms with Crippen LogP contribution >= 0.6 is 0 Å². The fourth-order valence-corrected chi connectivity index (χ4v) is 1.80. The molecule has 0 bridgehead atoms. The molecule has 0 amide bonds. The van der Waals surface area contributed by atoms with E-state index in [0.717, 1.165) is 5.56 Å². The highest BCUT2D eigenvalue weighted by Gasteiger charge is 2.16. The number of hydrogen-bond acceptors (Lipinski definition) is 5. The molecule has 2 rings (SSSR count). The lowest BCUT2D eigenvalue weighted by Crippen LogP contribution is -2.23. The Balaban J connectivity index is 2.06. The van der Waals surface area contributed by atoms with Crippen LogP contribution in [0.5, 0.6) is 11.5 Å². The molecule has 19 heavy (non-hydrogen) atoms. The van der Waals surface area contributed by atoms with Gasteiger partial charge in [-0.25, -0.2) is 0 Å². The largest absolute Gasteiger partial charge is 0.486 e. The molecular formula is C13H14N2O4. The van der Waals surface area contributed by atoms with Crippen LogP contribution < -0.4 is 14.8 Å². The Bertz CT molecular complexity index is 510. The first-order valence-electron chi connectivity index (χ1n) is 5.95. The molecule has 1 unspecified atom stereocenters. The Hall–Kier alpha value is -2.26. The highest BCUT2D eigenvalue weighted by atomic mass is 16.6. The quantitative estimate of drug-likeness (QED) is 0.825. The fraction of sp³-hybridized carbons (Fsp3) is 0.385. The molecule has 1 aliphatic rings. The van der Waals surface area contributed by atoms with Crippen molar-refractivity contribution in [1.29, 1.82) is 5.26 Å². The summed E-state index contributed by atoms with van der Waals surface area (Å²) in [4.78, 5) is 10.4. The third-order valence-electron chi connectivity index (χ3n) is 2.72. The van der Waals surface area contributed by atoms with Gasteiger partial charge in [0.15, 0.2) is 11.5 Å². The molecule has 1 heterocycles. The maximum atomic E-state index is 10.4. The number of rotatable bonds is 5. The van der Waals surface area contributed by atoms with Gasteiger partial charge in [-0.15, -0.1) is 0 Å². The van der Waals surface area contributed by atoms with E-state index >= 15 is 0 Å². The molecule has 0 fully saturated rings. The zero-order valence-corrected chi connectivity index (χ0v) is 10.3. The van der Waals surface area contributed by atoms with Gasteiger partial charge in [0.05, 0.1) is 12.5 Å². The minimum atomic E-state index is -0.897. The minimum absolute atomic E-state index is 0.0251. The summed E-state index contributed by atoms with van der Waals surface area (Å²) in [5.41, 5.74) is 0.733. The summed E-state index contributed by atoms with van der Waals surface area (Å²) in [6, 6.07) is 6.81. The zero-order valence-electron chi connectivity index (χ0n) is 10.3. The highest BCUT2D eigenvalue weighted by Crippen LogP contribution is 2.32. The molecule has 1 atom stereocenters. The Morgan fingerprint density at radius 3 is 2.84 bits per heavy atom. The molecule has 6 heteroatoms. The van der Waals surface area contributed by atoms with Crippen LogP contribution in [0.1, 0.15) is 18.0 Å². The molecule has 1 aromatic carbocycles. The number of carbonyl (C=O) groups is 1. The van der Waals surface area contributed by atoms with Crippen LogP contribution in [0.3, 0.4) is 0 Å². The molecule has 0 spiro atoms. The van der Waals surface area contributed by atoms with Gasteiger partial charge in [-0.1, -0.05) is 6.07 Å². The molecule has 0 aliphatic carbocycles. The summed E-state index contributed by atoms with van der Waals surface area (Å²) in [6.45, 7) is 1.24. The van der Waals surface area contributed by atoms with Crippen molar-refractivity contribution in [2.75, 3.05) is 19.8 Å². The average molecular weight is 262 g/mol. The van der Waals surface area contributed by atoms with Gasteiger partial charge in [0.2, 0.25) is 0 Å². The van der Waals surface area contributed by atoms with E-state index in [0.29, 0.717) is 24.7 Å². The van der Waals surface area contributed by atoms with E-state index in [2.05, 4.69) is 11.4 Å². The van der Waals surface area contributed by atoms with E-state index in [4.69, 9.17) is 19.8 Å². The Kier molecular flexibility index (Phi) is 4.21. The molecule has 6 nitrogen and oxygen atoms in total. The maximum absolute atomic E-state index is 10.4. The van der Waals surface area contributed by atoms with Crippen molar-refractivity contribution in [2.24, 2.45) is 0 Å². The number of ether oxygens (including phenoxy) is 2. The first-order valence-corrected chi connectivity index (χ1v) is 5.95. The summed E-state index contributed by atoms with van der Waals surface area (Å²) in [5, 5.41) is 20.6. The summed E-state index contributed by atoms with van der Waals surface area (Å²) in [5.74, 6) is 0.382. The van der Waals surface area contributed by atoms with Crippen LogP contribution in [0, 0.1) is 11.3 Å². The number of carboxylic acids is 1. The number of carboxylic acid groups (broad SMARTS) is 1. The smallest absolute Gasteiger partial charge is 0.304 e. The van der Waals surface area contributed by atoms with Crippen molar-refractivity contribution < 1.29 is 19.4 Å². The van der Waals surface area contributed by atoms with Crippen molar-refractivity contribution in [3.8, 4) is 17.6 Å². The van der Waals surface area contributed by atoms with Gasteiger partial charge in [0.1, 0.15) is 19.3 Å². The lowest BCUT2D eigenvalue weighted by atomic mass is 10.1. The molecule has 2 N–H and O–H groups in total. The number of benzene rings is 1. The molecule has 0 saturated carbocycles. The number of nitrogens with zero attached hydrogens (tertiary/aromatic N) is 1. The van der Waals surface area contributed by atoms with E-state index in [1.165, 1.54) is 0 Å². The SMILES string of the molecule is N#CC(NCCC(=O)O)c1ccc2c(c1)OCCO2. The first-order chi connectivity index (χ1) is 9.20. The second kappa shape index (κ2) is 6.07. The number of hydrogen-bond donors (Lipinski definition) is 2. The molecule has 0 aromatic heterocycles. The van der Waals surface area contributed by atoms with Crippen LogP contribution in [0.2, 0.25) is 0 Å². The van der Waals surface area contributed by atoms with Crippen molar-refractivity contribution in [3.05, 3.63) is 23.8 Å². The van der Waals surface area contributed by atoms with Gasteiger partial charge >= 0.3 is 5.97 Å². The van der Waals surface area contributed by atoms with Crippen LogP contribution in [0.25, 0.3) is 0 Å². The van der Waals surface area contributed by atoms with E-state index in [9.17, 15) is 4.79 Å². The molecule has 1 aromatic rings. The lowest BCUT2D eigenvalue weighted by Gasteiger charge is -2.20. The normalized spacial score (nSPS) is 14.5. The third kappa shape index (κ3) is 3.36. The van der Waals surface area contributed by atoms with Crippen LogP contribution in [-0.2, 0) is 4.79 Å². The first kappa shape index (κ1) is 13.2. The van der Waals surface area contributed by atoms with E-state index in [1.54, 1.807) is 18.2 Å². The Morgan fingerprint density at radius 1 is 1.42 bits per heavy atom. The van der Waals surface area contributed by atoms with Crippen LogP contribution in [0.15, 0.2) is 18.2 Å². The topological polar surface area (TPSA) is 91.6 Å². The maximum Gasteiger partial charge on any atom is 0.304 e. The number of nitriles is 1. The standard InChI is InChI=1S/C13H14N2O4/c14-8-10(15-4-3-13(16)17)9-1-2-11-12(7-9)19-6-5-18-11/h1-2,7,10,15H,3-6H2,(H,16,17). The number of aliphatic carboxylic acids is 1. The van der Waals surface area contributed by atoms with Gasteiger partial charge in [-0.05, 0) is 17.7 Å². The number of fused-ring (bicyclic) bond motifs is 1. The zero-order chi connectivity index (χ0) is 13.7. The van der Waals surface area contributed by atoms with E-state index in [-0.39, 0.29) is 13.0 Å². The fourth-order valence-electron chi connectivity index (χ4n) is 1.80. The van der Waals surface area contributed by atoms with Gasteiger partial charge in [0, 0.05) is 6.54 Å². The average Bonchev–Trinajstić information content (AvgIpc) is 2.43. The summed E-state index contributed by atoms with van der Waals surface area (Å²) >= 11 is 0. The van der Waals surface area contributed by atoms with Crippen molar-refractivity contribution in [1.82, 2.24) is 5.32 Å². The molecule has 0 radical (unpaired) electrons. The van der Waals surface area contributed by atoms with E-state index in [1.807, 2.05) is 0 Å². The van der Waals surface area contributed by atoms with Gasteiger partial charge in [0.25, 0.3) is 0 Å². The van der Waals surface area contributed by atoms with Gasteiger partial charge < -0.3 is 14.6 Å². The predicted octanol–water partition coefficient (Wildman–Crippen LogP) is 1.09. The van der Waals surface area contributed by atoms with E-state index < -0.39 is 12.0 Å². The molecular weight excluding hydrogens is 248 g/mol.